The van der Waals surface area contributed by atoms with Gasteiger partial charge in [-0.05, 0) is 43.1 Å². The van der Waals surface area contributed by atoms with Crippen molar-refractivity contribution in [2.24, 2.45) is 11.8 Å². The van der Waals surface area contributed by atoms with Gasteiger partial charge in [0.05, 0.1) is 12.1 Å². The molecule has 3 rings (SSSR count). The Morgan fingerprint density at radius 2 is 1.91 bits per heavy atom. The third kappa shape index (κ3) is 4.53. The number of benzene rings is 1. The number of amides is 1. The Morgan fingerprint density at radius 1 is 1.22 bits per heavy atom. The van der Waals surface area contributed by atoms with E-state index in [1.54, 1.807) is 0 Å². The Hall–Kier alpha value is -1.43. The van der Waals surface area contributed by atoms with E-state index in [1.807, 2.05) is 18.2 Å². The van der Waals surface area contributed by atoms with Crippen molar-refractivity contribution in [1.29, 1.82) is 0 Å². The van der Waals surface area contributed by atoms with E-state index in [2.05, 4.69) is 28.3 Å². The normalized spacial score (nSPS) is 25.8. The molecule has 5 heteroatoms. The molecule has 1 unspecified atom stereocenters. The zero-order valence-corrected chi connectivity index (χ0v) is 13.5. The molecule has 1 heterocycles. The molecule has 2 aliphatic rings. The molecule has 1 atom stereocenters. The molecule has 5 nitrogen and oxygen atoms in total. The minimum absolute atomic E-state index is 0.0295. The second-order valence-corrected chi connectivity index (χ2v) is 6.86. The van der Waals surface area contributed by atoms with Crippen LogP contribution in [-0.4, -0.2) is 30.2 Å². The van der Waals surface area contributed by atoms with Crippen molar-refractivity contribution >= 4 is 5.91 Å². The molecule has 1 aromatic rings. The van der Waals surface area contributed by atoms with E-state index < -0.39 is 0 Å². The first-order valence-electron chi connectivity index (χ1n) is 8.70. The quantitative estimate of drug-likeness (QED) is 0.615. The van der Waals surface area contributed by atoms with Gasteiger partial charge in [-0.1, -0.05) is 30.3 Å². The molecule has 1 aliphatic heterocycles. The maximum absolute atomic E-state index is 12.3. The third-order valence-corrected chi connectivity index (χ3v) is 5.02. The summed E-state index contributed by atoms with van der Waals surface area (Å²) >= 11 is 0. The number of carbonyl (C=O) groups excluding carboxylic acids is 1. The molecule has 4 N–H and O–H groups in total. The predicted octanol–water partition coefficient (Wildman–Crippen LogP) is 1.51. The van der Waals surface area contributed by atoms with E-state index in [4.69, 9.17) is 0 Å². The lowest BCUT2D eigenvalue weighted by Gasteiger charge is -2.38. The van der Waals surface area contributed by atoms with Crippen LogP contribution in [0.1, 0.15) is 43.7 Å². The molecule has 0 aromatic heterocycles. The van der Waals surface area contributed by atoms with Gasteiger partial charge in [-0.25, -0.2) is 0 Å². The van der Waals surface area contributed by atoms with Gasteiger partial charge in [0.1, 0.15) is 0 Å². The number of aliphatic hydroxyl groups excluding tert-OH is 1. The van der Waals surface area contributed by atoms with Crippen LogP contribution in [0.3, 0.4) is 0 Å². The number of hydrazine groups is 1. The second kappa shape index (κ2) is 7.90. The Bertz CT molecular complexity index is 496. The van der Waals surface area contributed by atoms with Gasteiger partial charge < -0.3 is 10.4 Å². The first-order valence-corrected chi connectivity index (χ1v) is 8.70. The Morgan fingerprint density at radius 3 is 2.57 bits per heavy atom. The van der Waals surface area contributed by atoms with Crippen LogP contribution in [-0.2, 0) is 4.79 Å². The average molecular weight is 317 g/mol. The zero-order chi connectivity index (χ0) is 16.1. The van der Waals surface area contributed by atoms with Crippen LogP contribution < -0.4 is 16.2 Å². The van der Waals surface area contributed by atoms with Crippen molar-refractivity contribution in [2.45, 2.75) is 44.2 Å². The largest absolute Gasteiger partial charge is 0.393 e. The van der Waals surface area contributed by atoms with E-state index in [-0.39, 0.29) is 18.1 Å². The molecule has 0 radical (unpaired) electrons. The molecule has 126 valence electrons. The topological polar surface area (TPSA) is 73.4 Å². The number of hydrogen-bond donors (Lipinski definition) is 4. The highest BCUT2D eigenvalue weighted by Gasteiger charge is 2.35. The SMILES string of the molecule is O=C(CCCC1CNNC1)NC(c1ccccc1)C1CC(O)C1. The van der Waals surface area contributed by atoms with Gasteiger partial charge >= 0.3 is 0 Å². The molecule has 0 bridgehead atoms. The van der Waals surface area contributed by atoms with Crippen LogP contribution >= 0.6 is 0 Å². The zero-order valence-electron chi connectivity index (χ0n) is 13.5. The van der Waals surface area contributed by atoms with Crippen molar-refractivity contribution in [3.05, 3.63) is 35.9 Å². The van der Waals surface area contributed by atoms with Gasteiger partial charge in [-0.2, -0.15) is 0 Å². The summed E-state index contributed by atoms with van der Waals surface area (Å²) in [6.45, 7) is 1.99. The van der Waals surface area contributed by atoms with Gasteiger partial charge in [-0.3, -0.25) is 15.6 Å². The fourth-order valence-electron chi connectivity index (χ4n) is 3.54. The highest BCUT2D eigenvalue weighted by atomic mass is 16.3. The average Bonchev–Trinajstić information content (AvgIpc) is 3.04. The van der Waals surface area contributed by atoms with Crippen LogP contribution in [0.2, 0.25) is 0 Å². The van der Waals surface area contributed by atoms with Crippen LogP contribution in [0.5, 0.6) is 0 Å². The minimum Gasteiger partial charge on any atom is -0.393 e. The summed E-state index contributed by atoms with van der Waals surface area (Å²) in [6, 6.07) is 10.1. The van der Waals surface area contributed by atoms with Crippen LogP contribution in [0.4, 0.5) is 0 Å². The van der Waals surface area contributed by atoms with Crippen molar-refractivity contribution < 1.29 is 9.90 Å². The van der Waals surface area contributed by atoms with Crippen molar-refractivity contribution in [2.75, 3.05) is 13.1 Å². The summed E-state index contributed by atoms with van der Waals surface area (Å²) in [5, 5.41) is 12.8. The fraction of sp³-hybridized carbons (Fsp3) is 0.611. The third-order valence-electron chi connectivity index (χ3n) is 5.02. The van der Waals surface area contributed by atoms with Crippen molar-refractivity contribution in [3.63, 3.8) is 0 Å². The molecule has 0 spiro atoms. The van der Waals surface area contributed by atoms with Crippen LogP contribution in [0.25, 0.3) is 0 Å². The molecule has 2 fully saturated rings. The maximum Gasteiger partial charge on any atom is 0.220 e. The number of carbonyl (C=O) groups is 1. The highest BCUT2D eigenvalue weighted by molar-refractivity contribution is 5.76. The molecule has 1 saturated carbocycles. The van der Waals surface area contributed by atoms with Gasteiger partial charge in [-0.15, -0.1) is 0 Å². The van der Waals surface area contributed by atoms with E-state index in [0.717, 1.165) is 44.3 Å². The first kappa shape index (κ1) is 16.4. The van der Waals surface area contributed by atoms with Gasteiger partial charge in [0.25, 0.3) is 0 Å². The van der Waals surface area contributed by atoms with Gasteiger partial charge in [0.2, 0.25) is 5.91 Å². The Kier molecular flexibility index (Phi) is 5.65. The van der Waals surface area contributed by atoms with Gasteiger partial charge in [0, 0.05) is 19.5 Å². The predicted molar refractivity (Wildman–Crippen MR) is 89.4 cm³/mol. The first-order chi connectivity index (χ1) is 11.2. The van der Waals surface area contributed by atoms with E-state index in [9.17, 15) is 9.90 Å². The summed E-state index contributed by atoms with van der Waals surface area (Å²) in [7, 11) is 0. The number of nitrogens with one attached hydrogen (secondary N) is 3. The lowest BCUT2D eigenvalue weighted by atomic mass is 9.75. The lowest BCUT2D eigenvalue weighted by Crippen LogP contribution is -2.41. The maximum atomic E-state index is 12.3. The van der Waals surface area contributed by atoms with E-state index in [0.29, 0.717) is 18.3 Å². The minimum atomic E-state index is -0.203. The Balaban J connectivity index is 1.50. The standard InChI is InChI=1S/C18H27N3O2/c22-16-9-15(10-16)18(14-6-2-1-3-7-14)21-17(23)8-4-5-13-11-19-20-12-13/h1-3,6-7,13,15-16,18-20,22H,4-5,8-12H2,(H,21,23). The summed E-state index contributed by atoms with van der Waals surface area (Å²) in [6.07, 6.45) is 3.93. The summed E-state index contributed by atoms with van der Waals surface area (Å²) in [5.74, 6) is 1.10. The van der Waals surface area contributed by atoms with Crippen LogP contribution in [0, 0.1) is 11.8 Å². The number of rotatable bonds is 7. The lowest BCUT2D eigenvalue weighted by molar-refractivity contribution is -0.123. The van der Waals surface area contributed by atoms with Gasteiger partial charge in [0.15, 0.2) is 0 Å². The summed E-state index contributed by atoms with van der Waals surface area (Å²) in [4.78, 5) is 12.3. The van der Waals surface area contributed by atoms with Crippen molar-refractivity contribution in [1.82, 2.24) is 16.2 Å². The second-order valence-electron chi connectivity index (χ2n) is 6.86. The highest BCUT2D eigenvalue weighted by Crippen LogP contribution is 2.38. The molecular weight excluding hydrogens is 290 g/mol. The smallest absolute Gasteiger partial charge is 0.220 e. The fourth-order valence-corrected chi connectivity index (χ4v) is 3.54. The number of aliphatic hydroxyl groups is 1. The summed E-state index contributed by atoms with van der Waals surface area (Å²) in [5.41, 5.74) is 7.39. The molecular formula is C18H27N3O2. The number of hydrogen-bond acceptors (Lipinski definition) is 4. The van der Waals surface area contributed by atoms with Crippen molar-refractivity contribution in [3.8, 4) is 0 Å². The monoisotopic (exact) mass is 317 g/mol. The summed E-state index contributed by atoms with van der Waals surface area (Å²) < 4.78 is 0. The molecule has 1 amide bonds. The molecule has 1 aliphatic carbocycles. The van der Waals surface area contributed by atoms with E-state index in [1.165, 1.54) is 0 Å². The molecule has 23 heavy (non-hydrogen) atoms. The van der Waals surface area contributed by atoms with E-state index >= 15 is 0 Å². The molecule has 1 saturated heterocycles. The van der Waals surface area contributed by atoms with Crippen LogP contribution in [0.15, 0.2) is 30.3 Å². The molecule has 1 aromatic carbocycles. The Labute approximate surface area is 137 Å².